The standard InChI is InChI=1S/C45H80O15/c1-40(2,3)54-28-25-43(10,11)58-37(49)22-16-19-34(46)52-31-33(57-36(48)21-18-24-39(51)60-45(14,15)27-30-56-42(7,8)9)32-53-35(47)20-17-23-38(50)59-44(12,13)26-29-55-41(4,5)6/h33H,16-32H2,1-15H3. The van der Waals surface area contributed by atoms with Gasteiger partial charge in [0.05, 0.1) is 36.6 Å². The van der Waals surface area contributed by atoms with Gasteiger partial charge in [-0.05, 0) is 123 Å². The Morgan fingerprint density at radius 2 is 0.617 bits per heavy atom. The molecule has 15 nitrogen and oxygen atoms in total. The summed E-state index contributed by atoms with van der Waals surface area (Å²) in [6, 6.07) is 0. The van der Waals surface area contributed by atoms with Crippen molar-refractivity contribution in [3.05, 3.63) is 0 Å². The Kier molecular flexibility index (Phi) is 24.8. The van der Waals surface area contributed by atoms with Gasteiger partial charge in [-0.15, -0.1) is 0 Å². The first-order chi connectivity index (χ1) is 27.3. The number of rotatable bonds is 29. The monoisotopic (exact) mass is 861 g/mol. The van der Waals surface area contributed by atoms with E-state index in [0.717, 1.165) is 0 Å². The molecule has 0 aromatic carbocycles. The molecule has 0 aliphatic heterocycles. The lowest BCUT2D eigenvalue weighted by atomic mass is 10.1. The average Bonchev–Trinajstić information content (AvgIpc) is 3.02. The summed E-state index contributed by atoms with van der Waals surface area (Å²) in [4.78, 5) is 75.5. The lowest BCUT2D eigenvalue weighted by molar-refractivity contribution is -0.168. The van der Waals surface area contributed by atoms with Gasteiger partial charge in [-0.3, -0.25) is 28.8 Å². The number of ether oxygens (including phenoxy) is 9. The van der Waals surface area contributed by atoms with E-state index in [1.807, 2.05) is 62.3 Å². The van der Waals surface area contributed by atoms with E-state index in [9.17, 15) is 28.8 Å². The van der Waals surface area contributed by atoms with Crippen molar-refractivity contribution in [1.82, 2.24) is 0 Å². The molecule has 0 heterocycles. The number of carbonyl (C=O) groups excluding carboxylic acids is 6. The lowest BCUT2D eigenvalue weighted by Gasteiger charge is -2.27. The minimum absolute atomic E-state index is 0.0182. The third-order valence-corrected chi connectivity index (χ3v) is 8.33. The number of carbonyl (C=O) groups is 6. The highest BCUT2D eigenvalue weighted by atomic mass is 16.6. The van der Waals surface area contributed by atoms with E-state index in [0.29, 0.717) is 39.1 Å². The van der Waals surface area contributed by atoms with Crippen LogP contribution in [0.5, 0.6) is 0 Å². The highest BCUT2D eigenvalue weighted by molar-refractivity contribution is 5.74. The molecule has 0 spiro atoms. The molecule has 0 amide bonds. The highest BCUT2D eigenvalue weighted by Crippen LogP contribution is 2.21. The minimum Gasteiger partial charge on any atom is -0.462 e. The van der Waals surface area contributed by atoms with Crippen LogP contribution in [0, 0.1) is 0 Å². The lowest BCUT2D eigenvalue weighted by Crippen LogP contribution is -2.32. The van der Waals surface area contributed by atoms with Gasteiger partial charge in [-0.25, -0.2) is 0 Å². The van der Waals surface area contributed by atoms with E-state index in [1.54, 1.807) is 41.5 Å². The molecular formula is C45H80O15. The van der Waals surface area contributed by atoms with Crippen molar-refractivity contribution >= 4 is 35.8 Å². The summed E-state index contributed by atoms with van der Waals surface area (Å²) in [6.45, 7) is 28.6. The van der Waals surface area contributed by atoms with Gasteiger partial charge in [-0.1, -0.05) is 0 Å². The molecule has 0 unspecified atom stereocenters. The Labute approximate surface area is 360 Å². The Morgan fingerprint density at radius 3 is 0.883 bits per heavy atom. The Bertz CT molecular complexity index is 1260. The van der Waals surface area contributed by atoms with Crippen LogP contribution in [0.1, 0.15) is 181 Å². The van der Waals surface area contributed by atoms with E-state index in [1.165, 1.54) is 0 Å². The predicted molar refractivity (Wildman–Crippen MR) is 225 cm³/mol. The van der Waals surface area contributed by atoms with Gasteiger partial charge in [0.1, 0.15) is 30.0 Å². The van der Waals surface area contributed by atoms with Crippen LogP contribution < -0.4 is 0 Å². The zero-order valence-electron chi connectivity index (χ0n) is 39.7. The topological polar surface area (TPSA) is 185 Å². The van der Waals surface area contributed by atoms with Gasteiger partial charge in [0.25, 0.3) is 0 Å². The van der Waals surface area contributed by atoms with Crippen molar-refractivity contribution in [2.45, 2.75) is 221 Å². The molecule has 0 aliphatic carbocycles. The van der Waals surface area contributed by atoms with Gasteiger partial charge in [-0.2, -0.15) is 0 Å². The predicted octanol–water partition coefficient (Wildman–Crippen LogP) is 8.08. The summed E-state index contributed by atoms with van der Waals surface area (Å²) in [7, 11) is 0. The van der Waals surface area contributed by atoms with Crippen LogP contribution in [0.25, 0.3) is 0 Å². The quantitative estimate of drug-likeness (QED) is 0.0519. The van der Waals surface area contributed by atoms with Crippen LogP contribution in [0.3, 0.4) is 0 Å². The van der Waals surface area contributed by atoms with Crippen molar-refractivity contribution in [2.24, 2.45) is 0 Å². The molecule has 0 saturated heterocycles. The molecular weight excluding hydrogens is 780 g/mol. The van der Waals surface area contributed by atoms with Crippen LogP contribution in [-0.4, -0.2) is 109 Å². The molecule has 60 heavy (non-hydrogen) atoms. The number of hydrogen-bond acceptors (Lipinski definition) is 15. The summed E-state index contributed by atoms with van der Waals surface area (Å²) in [5.41, 5.74) is -3.22. The molecule has 15 heteroatoms. The summed E-state index contributed by atoms with van der Waals surface area (Å²) in [5.74, 6) is -3.42. The molecule has 350 valence electrons. The van der Waals surface area contributed by atoms with Crippen molar-refractivity contribution < 1.29 is 71.4 Å². The molecule has 0 radical (unpaired) electrons. The summed E-state index contributed by atoms with van der Waals surface area (Å²) in [5, 5.41) is 0. The summed E-state index contributed by atoms with van der Waals surface area (Å²) < 4.78 is 50.1. The first-order valence-electron chi connectivity index (χ1n) is 21.4. The zero-order chi connectivity index (χ0) is 46.4. The van der Waals surface area contributed by atoms with Crippen LogP contribution in [0.2, 0.25) is 0 Å². The Morgan fingerprint density at radius 1 is 0.367 bits per heavy atom. The highest BCUT2D eigenvalue weighted by Gasteiger charge is 2.27. The maximum Gasteiger partial charge on any atom is 0.306 e. The van der Waals surface area contributed by atoms with Crippen molar-refractivity contribution in [3.63, 3.8) is 0 Å². The SMILES string of the molecule is CC(C)(C)OCCC(C)(C)OC(=O)CCCC(=O)OCC(COC(=O)CCCC(=O)OC(C)(C)CCOC(C)(C)C)OC(=O)CCCC(=O)OC(C)(C)CCOC(C)(C)C. The maximum atomic E-state index is 12.8. The molecule has 0 N–H and O–H groups in total. The van der Waals surface area contributed by atoms with Crippen LogP contribution in [0.15, 0.2) is 0 Å². The molecule has 0 rings (SSSR count). The van der Waals surface area contributed by atoms with Crippen molar-refractivity contribution in [2.75, 3.05) is 33.0 Å². The fourth-order valence-corrected chi connectivity index (χ4v) is 5.05. The van der Waals surface area contributed by atoms with E-state index in [4.69, 9.17) is 42.6 Å². The third-order valence-electron chi connectivity index (χ3n) is 8.33. The largest absolute Gasteiger partial charge is 0.462 e. The normalized spacial score (nSPS) is 12.8. The van der Waals surface area contributed by atoms with Gasteiger partial charge in [0, 0.05) is 57.8 Å². The van der Waals surface area contributed by atoms with Crippen LogP contribution >= 0.6 is 0 Å². The average molecular weight is 861 g/mol. The molecule has 0 aromatic rings. The fourth-order valence-electron chi connectivity index (χ4n) is 5.05. The van der Waals surface area contributed by atoms with Gasteiger partial charge < -0.3 is 42.6 Å². The second-order valence-corrected chi connectivity index (χ2v) is 19.9. The Balaban J connectivity index is 5.12. The van der Waals surface area contributed by atoms with Crippen molar-refractivity contribution in [1.29, 1.82) is 0 Å². The molecule has 0 aromatic heterocycles. The first-order valence-corrected chi connectivity index (χ1v) is 21.4. The third kappa shape index (κ3) is 34.4. The van der Waals surface area contributed by atoms with E-state index in [2.05, 4.69) is 0 Å². The van der Waals surface area contributed by atoms with E-state index >= 15 is 0 Å². The van der Waals surface area contributed by atoms with Gasteiger partial charge in [0.2, 0.25) is 0 Å². The van der Waals surface area contributed by atoms with E-state index in [-0.39, 0.29) is 74.6 Å². The molecule has 0 atom stereocenters. The van der Waals surface area contributed by atoms with Crippen LogP contribution in [0.4, 0.5) is 0 Å². The van der Waals surface area contributed by atoms with Crippen molar-refractivity contribution in [3.8, 4) is 0 Å². The fraction of sp³-hybridized carbons (Fsp3) is 0.867. The molecule has 0 saturated carbocycles. The van der Waals surface area contributed by atoms with Gasteiger partial charge in [0.15, 0.2) is 6.10 Å². The molecule has 0 fully saturated rings. The minimum atomic E-state index is -1.15. The Hall–Kier alpha value is -3.30. The second-order valence-electron chi connectivity index (χ2n) is 19.9. The van der Waals surface area contributed by atoms with Gasteiger partial charge >= 0.3 is 35.8 Å². The smallest absolute Gasteiger partial charge is 0.306 e. The number of hydrogen-bond donors (Lipinski definition) is 0. The molecule has 0 bridgehead atoms. The second kappa shape index (κ2) is 26.2. The summed E-state index contributed by atoms with van der Waals surface area (Å²) in [6.07, 6.45) is 0.334. The zero-order valence-corrected chi connectivity index (χ0v) is 39.7. The van der Waals surface area contributed by atoms with E-state index < -0.39 is 71.9 Å². The number of esters is 6. The first kappa shape index (κ1) is 56.7. The van der Waals surface area contributed by atoms with Crippen LogP contribution in [-0.2, 0) is 71.4 Å². The molecule has 0 aliphatic rings. The summed E-state index contributed by atoms with van der Waals surface area (Å²) >= 11 is 0. The maximum absolute atomic E-state index is 12.8.